The Morgan fingerprint density at radius 3 is 3.08 bits per heavy atom. The number of carbonyl (C=O) groups excluding carboxylic acids is 1. The molecule has 1 saturated heterocycles. The molecular weight excluding hydrogens is 324 g/mol. The Balaban J connectivity index is 1.60. The SMILES string of the molecule is COCCCC(=O)Nc1ccc2c(c1)[C@@]13CCCC[C@H]1[C@@H](C2)N(C)CC3. The number of nitrogens with zero attached hydrogens (tertiary/aromatic N) is 1. The van der Waals surface area contributed by atoms with Crippen LogP contribution in [0.4, 0.5) is 5.69 Å². The van der Waals surface area contributed by atoms with E-state index >= 15 is 0 Å². The fourth-order valence-electron chi connectivity index (χ4n) is 5.88. The second kappa shape index (κ2) is 7.32. The molecule has 1 aliphatic heterocycles. The highest BCUT2D eigenvalue weighted by Crippen LogP contribution is 2.55. The van der Waals surface area contributed by atoms with Crippen LogP contribution in [0.2, 0.25) is 0 Å². The molecule has 2 aliphatic carbocycles. The van der Waals surface area contributed by atoms with Gasteiger partial charge in [-0.25, -0.2) is 0 Å². The second-order valence-corrected chi connectivity index (χ2v) is 8.53. The average molecular weight is 357 g/mol. The highest BCUT2D eigenvalue weighted by molar-refractivity contribution is 5.90. The number of likely N-dealkylation sites (N-methyl/N-ethyl adjacent to an activating group) is 1. The number of ether oxygens (including phenoxy) is 1. The van der Waals surface area contributed by atoms with Gasteiger partial charge in [-0.1, -0.05) is 18.9 Å². The van der Waals surface area contributed by atoms with E-state index in [9.17, 15) is 4.79 Å². The molecule has 4 rings (SSSR count). The Labute approximate surface area is 157 Å². The molecule has 2 fully saturated rings. The Morgan fingerprint density at radius 1 is 1.35 bits per heavy atom. The summed E-state index contributed by atoms with van der Waals surface area (Å²) in [6, 6.07) is 7.39. The van der Waals surface area contributed by atoms with Crippen molar-refractivity contribution in [2.24, 2.45) is 5.92 Å². The van der Waals surface area contributed by atoms with Crippen molar-refractivity contribution < 1.29 is 9.53 Å². The summed E-state index contributed by atoms with van der Waals surface area (Å²) in [5.41, 5.74) is 4.38. The number of hydrogen-bond donors (Lipinski definition) is 1. The first kappa shape index (κ1) is 18.0. The molecule has 2 bridgehead atoms. The first-order valence-electron chi connectivity index (χ1n) is 10.3. The van der Waals surface area contributed by atoms with Crippen LogP contribution >= 0.6 is 0 Å². The molecule has 0 aromatic heterocycles. The van der Waals surface area contributed by atoms with Crippen molar-refractivity contribution in [1.82, 2.24) is 4.90 Å². The Hall–Kier alpha value is -1.39. The number of rotatable bonds is 5. The van der Waals surface area contributed by atoms with Crippen molar-refractivity contribution in [2.75, 3.05) is 32.6 Å². The molecule has 4 nitrogen and oxygen atoms in total. The molecule has 1 aromatic carbocycles. The van der Waals surface area contributed by atoms with Gasteiger partial charge in [-0.05, 0) is 74.9 Å². The van der Waals surface area contributed by atoms with Gasteiger partial charge in [0.2, 0.25) is 5.91 Å². The summed E-state index contributed by atoms with van der Waals surface area (Å²) in [5.74, 6) is 0.881. The van der Waals surface area contributed by atoms with Crippen LogP contribution in [0.1, 0.15) is 56.1 Å². The molecule has 0 spiro atoms. The molecule has 1 aromatic rings. The minimum Gasteiger partial charge on any atom is -0.385 e. The molecule has 1 saturated carbocycles. The number of piperidine rings is 1. The van der Waals surface area contributed by atoms with Crippen LogP contribution in [-0.4, -0.2) is 44.2 Å². The van der Waals surface area contributed by atoms with Crippen LogP contribution in [0.15, 0.2) is 18.2 Å². The Bertz CT molecular complexity index is 674. The molecule has 1 N–H and O–H groups in total. The molecule has 26 heavy (non-hydrogen) atoms. The average Bonchev–Trinajstić information content (AvgIpc) is 2.65. The molecule has 1 amide bonds. The van der Waals surface area contributed by atoms with Gasteiger partial charge < -0.3 is 15.0 Å². The van der Waals surface area contributed by atoms with Crippen LogP contribution in [0, 0.1) is 5.92 Å². The summed E-state index contributed by atoms with van der Waals surface area (Å²) >= 11 is 0. The number of methoxy groups -OCH3 is 1. The van der Waals surface area contributed by atoms with E-state index in [0.717, 1.165) is 18.0 Å². The van der Waals surface area contributed by atoms with Gasteiger partial charge in [0.25, 0.3) is 0 Å². The lowest BCUT2D eigenvalue weighted by Gasteiger charge is -2.58. The van der Waals surface area contributed by atoms with E-state index in [4.69, 9.17) is 4.74 Å². The summed E-state index contributed by atoms with van der Waals surface area (Å²) in [6.07, 6.45) is 9.13. The lowest BCUT2D eigenvalue weighted by atomic mass is 9.52. The Morgan fingerprint density at radius 2 is 2.23 bits per heavy atom. The fourth-order valence-corrected chi connectivity index (χ4v) is 5.88. The molecule has 0 unspecified atom stereocenters. The number of amides is 1. The Kier molecular flexibility index (Phi) is 5.07. The monoisotopic (exact) mass is 356 g/mol. The number of likely N-dealkylation sites (tertiary alicyclic amines) is 1. The van der Waals surface area contributed by atoms with Crippen LogP contribution in [0.3, 0.4) is 0 Å². The van der Waals surface area contributed by atoms with Crippen molar-refractivity contribution in [3.8, 4) is 0 Å². The van der Waals surface area contributed by atoms with E-state index < -0.39 is 0 Å². The van der Waals surface area contributed by atoms with Crippen LogP contribution in [0.5, 0.6) is 0 Å². The third-order valence-corrected chi connectivity index (χ3v) is 7.15. The maximum atomic E-state index is 12.2. The first-order chi connectivity index (χ1) is 12.6. The van der Waals surface area contributed by atoms with Crippen molar-refractivity contribution >= 4 is 11.6 Å². The van der Waals surface area contributed by atoms with Crippen LogP contribution in [-0.2, 0) is 21.4 Å². The fraction of sp³-hybridized carbons (Fsp3) is 0.682. The minimum atomic E-state index is 0.0942. The largest absolute Gasteiger partial charge is 0.385 e. The third kappa shape index (κ3) is 3.07. The van der Waals surface area contributed by atoms with E-state index in [1.807, 2.05) is 0 Å². The van der Waals surface area contributed by atoms with Gasteiger partial charge in [-0.3, -0.25) is 4.79 Å². The van der Waals surface area contributed by atoms with E-state index in [1.165, 1.54) is 50.6 Å². The van der Waals surface area contributed by atoms with E-state index in [1.54, 1.807) is 12.7 Å². The summed E-state index contributed by atoms with van der Waals surface area (Å²) in [7, 11) is 3.99. The molecular formula is C22H32N2O2. The predicted octanol–water partition coefficient (Wildman–Crippen LogP) is 3.74. The van der Waals surface area contributed by atoms with E-state index in [0.29, 0.717) is 24.5 Å². The van der Waals surface area contributed by atoms with Crippen molar-refractivity contribution in [3.05, 3.63) is 29.3 Å². The maximum absolute atomic E-state index is 12.2. The molecule has 3 aliphatic rings. The summed E-state index contributed by atoms with van der Waals surface area (Å²) in [4.78, 5) is 14.8. The van der Waals surface area contributed by atoms with Crippen molar-refractivity contribution in [1.29, 1.82) is 0 Å². The van der Waals surface area contributed by atoms with Gasteiger partial charge in [-0.15, -0.1) is 0 Å². The number of fused-ring (bicyclic) bond motifs is 1. The van der Waals surface area contributed by atoms with Crippen molar-refractivity contribution in [2.45, 2.75) is 62.8 Å². The summed E-state index contributed by atoms with van der Waals surface area (Å²) in [6.45, 7) is 1.84. The zero-order valence-corrected chi connectivity index (χ0v) is 16.2. The van der Waals surface area contributed by atoms with Gasteiger partial charge in [0, 0.05) is 37.3 Å². The zero-order valence-electron chi connectivity index (χ0n) is 16.2. The zero-order chi connectivity index (χ0) is 18.1. The number of hydrogen-bond acceptors (Lipinski definition) is 3. The lowest BCUT2D eigenvalue weighted by Crippen LogP contribution is -2.59. The molecule has 142 valence electrons. The lowest BCUT2D eigenvalue weighted by molar-refractivity contribution is -0.116. The normalized spacial score (nSPS) is 30.4. The van der Waals surface area contributed by atoms with E-state index in [2.05, 4.69) is 35.5 Å². The summed E-state index contributed by atoms with van der Waals surface area (Å²) < 4.78 is 5.04. The van der Waals surface area contributed by atoms with Gasteiger partial charge >= 0.3 is 0 Å². The molecule has 4 heteroatoms. The topological polar surface area (TPSA) is 41.6 Å². The van der Waals surface area contributed by atoms with Crippen LogP contribution in [0.25, 0.3) is 0 Å². The quantitative estimate of drug-likeness (QED) is 0.817. The number of anilines is 1. The van der Waals surface area contributed by atoms with Gasteiger partial charge in [0.1, 0.15) is 0 Å². The molecule has 0 radical (unpaired) electrons. The molecule has 3 atom stereocenters. The number of carbonyl (C=O) groups is 1. The van der Waals surface area contributed by atoms with Gasteiger partial charge in [0.15, 0.2) is 0 Å². The van der Waals surface area contributed by atoms with Crippen LogP contribution < -0.4 is 5.32 Å². The third-order valence-electron chi connectivity index (χ3n) is 7.15. The van der Waals surface area contributed by atoms with E-state index in [-0.39, 0.29) is 5.91 Å². The first-order valence-corrected chi connectivity index (χ1v) is 10.3. The maximum Gasteiger partial charge on any atom is 0.224 e. The molecule has 1 heterocycles. The highest BCUT2D eigenvalue weighted by atomic mass is 16.5. The standard InChI is InChI=1S/C22H32N2O2/c1-24-12-11-22-10-4-3-6-18(22)20(24)14-16-8-9-17(15-19(16)22)23-21(25)7-5-13-26-2/h8-9,15,18,20H,3-7,10-14H2,1-2H3,(H,23,25)/t18-,20+,22+/m0/s1. The van der Waals surface area contributed by atoms with Crippen molar-refractivity contribution in [3.63, 3.8) is 0 Å². The minimum absolute atomic E-state index is 0.0942. The predicted molar refractivity (Wildman–Crippen MR) is 105 cm³/mol. The smallest absolute Gasteiger partial charge is 0.224 e. The van der Waals surface area contributed by atoms with Gasteiger partial charge in [-0.2, -0.15) is 0 Å². The number of benzene rings is 1. The highest BCUT2D eigenvalue weighted by Gasteiger charge is 2.52. The second-order valence-electron chi connectivity index (χ2n) is 8.53. The summed E-state index contributed by atoms with van der Waals surface area (Å²) in [5, 5.41) is 3.12. The number of nitrogens with one attached hydrogen (secondary N) is 1. The van der Waals surface area contributed by atoms with Gasteiger partial charge in [0.05, 0.1) is 0 Å².